The van der Waals surface area contributed by atoms with Gasteiger partial charge in [-0.05, 0) is 18.2 Å². The molecular formula is C16H15BrN4OS. The molecule has 5 nitrogen and oxygen atoms in total. The highest BCUT2D eigenvalue weighted by Crippen LogP contribution is 2.22. The van der Waals surface area contributed by atoms with Crippen LogP contribution < -0.4 is 4.90 Å². The first-order valence-electron chi connectivity index (χ1n) is 7.43. The largest absolute Gasteiger partial charge is 0.350 e. The van der Waals surface area contributed by atoms with Crippen molar-refractivity contribution in [3.8, 4) is 0 Å². The lowest BCUT2D eigenvalue weighted by molar-refractivity contribution is 0.0742. The van der Waals surface area contributed by atoms with E-state index in [1.165, 1.54) is 0 Å². The molecule has 7 heteroatoms. The summed E-state index contributed by atoms with van der Waals surface area (Å²) in [5.74, 6) is 0.0658. The second kappa shape index (κ2) is 5.98. The Morgan fingerprint density at radius 3 is 2.78 bits per heavy atom. The van der Waals surface area contributed by atoms with Gasteiger partial charge in [0, 0.05) is 53.1 Å². The number of fused-ring (bicyclic) bond motifs is 1. The third kappa shape index (κ3) is 2.86. The smallest absolute Gasteiger partial charge is 0.270 e. The Kier molecular flexibility index (Phi) is 3.82. The van der Waals surface area contributed by atoms with Crippen molar-refractivity contribution in [1.29, 1.82) is 0 Å². The van der Waals surface area contributed by atoms with Crippen LogP contribution in [0, 0.1) is 0 Å². The Hall–Kier alpha value is -1.86. The Morgan fingerprint density at radius 2 is 2.04 bits per heavy atom. The van der Waals surface area contributed by atoms with Gasteiger partial charge in [-0.2, -0.15) is 0 Å². The first kappa shape index (κ1) is 14.7. The first-order valence-corrected chi connectivity index (χ1v) is 9.10. The summed E-state index contributed by atoms with van der Waals surface area (Å²) in [6, 6.07) is 7.91. The molecule has 4 rings (SSSR count). The van der Waals surface area contributed by atoms with Gasteiger partial charge in [0.2, 0.25) is 0 Å². The molecule has 1 aromatic carbocycles. The lowest BCUT2D eigenvalue weighted by Crippen LogP contribution is -2.48. The number of piperazine rings is 1. The minimum atomic E-state index is 0.0658. The highest BCUT2D eigenvalue weighted by molar-refractivity contribution is 9.10. The summed E-state index contributed by atoms with van der Waals surface area (Å²) in [5.41, 5.74) is 1.63. The fourth-order valence-corrected chi connectivity index (χ4v) is 3.92. The van der Waals surface area contributed by atoms with Crippen molar-refractivity contribution in [3.63, 3.8) is 0 Å². The van der Waals surface area contributed by atoms with Gasteiger partial charge in [0.05, 0.1) is 0 Å². The number of nitrogens with zero attached hydrogens (tertiary/aromatic N) is 3. The van der Waals surface area contributed by atoms with Crippen molar-refractivity contribution in [2.45, 2.75) is 0 Å². The number of aromatic amines is 1. The number of hydrogen-bond donors (Lipinski definition) is 1. The molecule has 2 aromatic heterocycles. The van der Waals surface area contributed by atoms with Gasteiger partial charge in [0.25, 0.3) is 5.91 Å². The number of aromatic nitrogens is 2. The molecule has 1 saturated heterocycles. The number of carbonyl (C=O) groups is 1. The SMILES string of the molecule is O=C(c1cc2ccc(Br)cc2[nH]1)N1CCN(c2nccs2)CC1. The van der Waals surface area contributed by atoms with E-state index in [9.17, 15) is 4.79 Å². The summed E-state index contributed by atoms with van der Waals surface area (Å²) in [6.45, 7) is 3.09. The van der Waals surface area contributed by atoms with Gasteiger partial charge in [-0.1, -0.05) is 22.0 Å². The van der Waals surface area contributed by atoms with Gasteiger partial charge in [-0.15, -0.1) is 11.3 Å². The second-order valence-electron chi connectivity index (χ2n) is 5.51. The fourth-order valence-electron chi connectivity index (χ4n) is 2.86. The Morgan fingerprint density at radius 1 is 1.22 bits per heavy atom. The van der Waals surface area contributed by atoms with E-state index in [4.69, 9.17) is 0 Å². The number of nitrogens with one attached hydrogen (secondary N) is 1. The molecule has 1 aliphatic heterocycles. The lowest BCUT2D eigenvalue weighted by Gasteiger charge is -2.34. The molecule has 23 heavy (non-hydrogen) atoms. The molecule has 0 spiro atoms. The van der Waals surface area contributed by atoms with Crippen LogP contribution in [0.2, 0.25) is 0 Å². The number of hydrogen-bond acceptors (Lipinski definition) is 4. The number of anilines is 1. The van der Waals surface area contributed by atoms with E-state index in [0.29, 0.717) is 5.69 Å². The molecule has 1 fully saturated rings. The van der Waals surface area contributed by atoms with Crippen molar-refractivity contribution in [2.75, 3.05) is 31.1 Å². The molecule has 0 saturated carbocycles. The van der Waals surface area contributed by atoms with Gasteiger partial charge in [0.1, 0.15) is 5.69 Å². The van der Waals surface area contributed by atoms with Crippen LogP contribution in [0.15, 0.2) is 40.3 Å². The number of halogens is 1. The van der Waals surface area contributed by atoms with Gasteiger partial charge < -0.3 is 14.8 Å². The summed E-state index contributed by atoms with van der Waals surface area (Å²) in [5, 5.41) is 4.07. The van der Waals surface area contributed by atoms with Crippen LogP contribution in [-0.4, -0.2) is 47.0 Å². The molecular weight excluding hydrogens is 376 g/mol. The van der Waals surface area contributed by atoms with E-state index in [-0.39, 0.29) is 5.91 Å². The van der Waals surface area contributed by atoms with Gasteiger partial charge in [-0.3, -0.25) is 4.79 Å². The molecule has 1 amide bonds. The molecule has 1 N–H and O–H groups in total. The molecule has 3 heterocycles. The van der Waals surface area contributed by atoms with Crippen molar-refractivity contribution < 1.29 is 4.79 Å². The third-order valence-electron chi connectivity index (χ3n) is 4.07. The second-order valence-corrected chi connectivity index (χ2v) is 7.30. The number of thiazole rings is 1. The molecule has 3 aromatic rings. The molecule has 1 aliphatic rings. The molecule has 118 valence electrons. The van der Waals surface area contributed by atoms with E-state index in [0.717, 1.165) is 46.7 Å². The zero-order valence-electron chi connectivity index (χ0n) is 12.3. The van der Waals surface area contributed by atoms with E-state index in [2.05, 4.69) is 30.8 Å². The zero-order valence-corrected chi connectivity index (χ0v) is 14.7. The average molecular weight is 391 g/mol. The molecule has 0 radical (unpaired) electrons. The summed E-state index contributed by atoms with van der Waals surface area (Å²) in [7, 11) is 0. The van der Waals surface area contributed by atoms with Crippen LogP contribution in [0.1, 0.15) is 10.5 Å². The number of rotatable bonds is 2. The van der Waals surface area contributed by atoms with Crippen molar-refractivity contribution in [2.24, 2.45) is 0 Å². The Labute approximate surface area is 146 Å². The first-order chi connectivity index (χ1) is 11.2. The number of benzene rings is 1. The average Bonchev–Trinajstić information content (AvgIpc) is 3.23. The Balaban J connectivity index is 1.48. The minimum Gasteiger partial charge on any atom is -0.350 e. The van der Waals surface area contributed by atoms with Crippen molar-refractivity contribution >= 4 is 49.2 Å². The topological polar surface area (TPSA) is 52.2 Å². The minimum absolute atomic E-state index is 0.0658. The van der Waals surface area contributed by atoms with Crippen LogP contribution in [0.3, 0.4) is 0 Å². The van der Waals surface area contributed by atoms with Crippen LogP contribution in [0.4, 0.5) is 5.13 Å². The molecule has 0 bridgehead atoms. The van der Waals surface area contributed by atoms with Crippen molar-refractivity contribution in [1.82, 2.24) is 14.9 Å². The Bertz CT molecular complexity index is 837. The summed E-state index contributed by atoms with van der Waals surface area (Å²) < 4.78 is 1.00. The predicted octanol–water partition coefficient (Wildman–Crippen LogP) is 3.35. The summed E-state index contributed by atoms with van der Waals surface area (Å²) >= 11 is 5.10. The standard InChI is InChI=1S/C16H15BrN4OS/c17-12-2-1-11-9-14(19-13(11)10-12)15(22)20-4-6-21(7-5-20)16-18-3-8-23-16/h1-3,8-10,19H,4-7H2. The maximum atomic E-state index is 12.7. The highest BCUT2D eigenvalue weighted by atomic mass is 79.9. The molecule has 0 atom stereocenters. The zero-order chi connectivity index (χ0) is 15.8. The quantitative estimate of drug-likeness (QED) is 0.729. The van der Waals surface area contributed by atoms with Crippen LogP contribution in [0.5, 0.6) is 0 Å². The third-order valence-corrected chi connectivity index (χ3v) is 5.40. The van der Waals surface area contributed by atoms with Crippen molar-refractivity contribution in [3.05, 3.63) is 46.0 Å². The van der Waals surface area contributed by atoms with E-state index >= 15 is 0 Å². The van der Waals surface area contributed by atoms with Crippen LogP contribution in [-0.2, 0) is 0 Å². The van der Waals surface area contributed by atoms with E-state index < -0.39 is 0 Å². The maximum absolute atomic E-state index is 12.7. The lowest BCUT2D eigenvalue weighted by atomic mass is 10.2. The molecule has 0 unspecified atom stereocenters. The monoisotopic (exact) mass is 390 g/mol. The fraction of sp³-hybridized carbons (Fsp3) is 0.250. The normalized spacial score (nSPS) is 15.3. The van der Waals surface area contributed by atoms with Crippen LogP contribution in [0.25, 0.3) is 10.9 Å². The number of H-pyrrole nitrogens is 1. The van der Waals surface area contributed by atoms with Crippen LogP contribution >= 0.6 is 27.3 Å². The van der Waals surface area contributed by atoms with Gasteiger partial charge >= 0.3 is 0 Å². The summed E-state index contributed by atoms with van der Waals surface area (Å²) in [4.78, 5) is 24.4. The van der Waals surface area contributed by atoms with E-state index in [1.54, 1.807) is 11.3 Å². The number of carbonyl (C=O) groups excluding carboxylic acids is 1. The van der Waals surface area contributed by atoms with Gasteiger partial charge in [0.15, 0.2) is 5.13 Å². The maximum Gasteiger partial charge on any atom is 0.270 e. The highest BCUT2D eigenvalue weighted by Gasteiger charge is 2.24. The molecule has 0 aliphatic carbocycles. The number of amides is 1. The van der Waals surface area contributed by atoms with E-state index in [1.807, 2.05) is 40.7 Å². The van der Waals surface area contributed by atoms with Gasteiger partial charge in [-0.25, -0.2) is 4.98 Å². The predicted molar refractivity (Wildman–Crippen MR) is 96.2 cm³/mol. The summed E-state index contributed by atoms with van der Waals surface area (Å²) in [6.07, 6.45) is 1.82.